The highest BCUT2D eigenvalue weighted by Gasteiger charge is 2.28. The predicted octanol–water partition coefficient (Wildman–Crippen LogP) is 3.38. The standard InChI is InChI=1S/C17H20BrN3O2/c1-12-13(10-20-9-3-2-4-16(20)17(22)23)11-21(19-12)15-7-5-14(18)6-8-15/h5-8,11,16H,2-4,9-10H2,1H3,(H,22,23). The van der Waals surface area contributed by atoms with Crippen LogP contribution >= 0.6 is 15.9 Å². The van der Waals surface area contributed by atoms with E-state index < -0.39 is 5.97 Å². The number of benzene rings is 1. The lowest BCUT2D eigenvalue weighted by molar-refractivity contribution is -0.144. The second-order valence-electron chi connectivity index (χ2n) is 5.98. The van der Waals surface area contributed by atoms with Crippen molar-refractivity contribution in [3.8, 4) is 5.69 Å². The van der Waals surface area contributed by atoms with Crippen molar-refractivity contribution >= 4 is 21.9 Å². The summed E-state index contributed by atoms with van der Waals surface area (Å²) < 4.78 is 2.89. The van der Waals surface area contributed by atoms with Gasteiger partial charge in [-0.2, -0.15) is 5.10 Å². The Kier molecular flexibility index (Phi) is 4.82. The number of halogens is 1. The summed E-state index contributed by atoms with van der Waals surface area (Å²) in [6, 6.07) is 7.59. The van der Waals surface area contributed by atoms with Crippen molar-refractivity contribution < 1.29 is 9.90 Å². The van der Waals surface area contributed by atoms with Crippen LogP contribution in [0.4, 0.5) is 0 Å². The maximum atomic E-state index is 11.4. The third kappa shape index (κ3) is 3.64. The first-order chi connectivity index (χ1) is 11.0. The Labute approximate surface area is 144 Å². The Morgan fingerprint density at radius 3 is 2.78 bits per heavy atom. The average molecular weight is 378 g/mol. The van der Waals surface area contributed by atoms with Crippen LogP contribution in [0.15, 0.2) is 34.9 Å². The molecule has 1 fully saturated rings. The molecule has 0 saturated carbocycles. The zero-order valence-electron chi connectivity index (χ0n) is 13.1. The van der Waals surface area contributed by atoms with E-state index in [1.54, 1.807) is 0 Å². The minimum atomic E-state index is -0.720. The number of hydrogen-bond donors (Lipinski definition) is 1. The van der Waals surface area contributed by atoms with E-state index in [-0.39, 0.29) is 6.04 Å². The molecule has 0 amide bonds. The van der Waals surface area contributed by atoms with Gasteiger partial charge in [-0.3, -0.25) is 9.69 Å². The van der Waals surface area contributed by atoms with Crippen molar-refractivity contribution in [3.63, 3.8) is 0 Å². The minimum Gasteiger partial charge on any atom is -0.480 e. The van der Waals surface area contributed by atoms with Crippen LogP contribution in [0.1, 0.15) is 30.5 Å². The summed E-state index contributed by atoms with van der Waals surface area (Å²) in [6.07, 6.45) is 4.79. The molecule has 2 aromatic rings. The smallest absolute Gasteiger partial charge is 0.320 e. The summed E-state index contributed by atoms with van der Waals surface area (Å²) in [5.74, 6) is -0.720. The molecule has 0 spiro atoms. The number of rotatable bonds is 4. The Hall–Kier alpha value is -1.66. The topological polar surface area (TPSA) is 58.4 Å². The molecule has 1 aliphatic rings. The van der Waals surface area contributed by atoms with Gasteiger partial charge < -0.3 is 5.11 Å². The molecule has 1 saturated heterocycles. The highest BCUT2D eigenvalue weighted by atomic mass is 79.9. The molecule has 2 heterocycles. The van der Waals surface area contributed by atoms with Crippen LogP contribution in [0, 0.1) is 6.92 Å². The van der Waals surface area contributed by atoms with Gasteiger partial charge >= 0.3 is 5.97 Å². The number of carbonyl (C=O) groups is 1. The molecule has 5 nitrogen and oxygen atoms in total. The number of hydrogen-bond acceptors (Lipinski definition) is 3. The normalized spacial score (nSPS) is 19.0. The van der Waals surface area contributed by atoms with Crippen LogP contribution in [0.5, 0.6) is 0 Å². The van der Waals surface area contributed by atoms with Gasteiger partial charge in [-0.15, -0.1) is 0 Å². The molecule has 1 aromatic heterocycles. The van der Waals surface area contributed by atoms with Crippen LogP contribution < -0.4 is 0 Å². The van der Waals surface area contributed by atoms with Gasteiger partial charge in [0.2, 0.25) is 0 Å². The van der Waals surface area contributed by atoms with Crippen LogP contribution in [0.2, 0.25) is 0 Å². The van der Waals surface area contributed by atoms with Gasteiger partial charge in [0, 0.05) is 22.8 Å². The Bertz CT molecular complexity index is 696. The van der Waals surface area contributed by atoms with E-state index in [0.29, 0.717) is 6.54 Å². The van der Waals surface area contributed by atoms with Gasteiger partial charge in [0.25, 0.3) is 0 Å². The van der Waals surface area contributed by atoms with Gasteiger partial charge in [-0.05, 0) is 50.6 Å². The molecule has 0 radical (unpaired) electrons. The predicted molar refractivity (Wildman–Crippen MR) is 91.7 cm³/mol. The summed E-state index contributed by atoms with van der Waals surface area (Å²) in [4.78, 5) is 13.5. The van der Waals surface area contributed by atoms with Crippen LogP contribution in [-0.4, -0.2) is 38.3 Å². The lowest BCUT2D eigenvalue weighted by atomic mass is 10.0. The fourth-order valence-corrected chi connectivity index (χ4v) is 3.32. The number of aryl methyl sites for hydroxylation is 1. The first-order valence-electron chi connectivity index (χ1n) is 7.82. The number of aromatic nitrogens is 2. The van der Waals surface area contributed by atoms with E-state index in [0.717, 1.165) is 47.2 Å². The van der Waals surface area contributed by atoms with E-state index in [1.165, 1.54) is 0 Å². The van der Waals surface area contributed by atoms with Crippen molar-refractivity contribution in [1.29, 1.82) is 0 Å². The molecular formula is C17H20BrN3O2. The largest absolute Gasteiger partial charge is 0.480 e. The minimum absolute atomic E-state index is 0.376. The van der Waals surface area contributed by atoms with Crippen LogP contribution in [-0.2, 0) is 11.3 Å². The maximum Gasteiger partial charge on any atom is 0.320 e. The van der Waals surface area contributed by atoms with E-state index >= 15 is 0 Å². The van der Waals surface area contributed by atoms with Gasteiger partial charge in [-0.25, -0.2) is 4.68 Å². The summed E-state index contributed by atoms with van der Waals surface area (Å²) in [5, 5.41) is 14.0. The van der Waals surface area contributed by atoms with E-state index in [4.69, 9.17) is 0 Å². The first kappa shape index (κ1) is 16.2. The Morgan fingerprint density at radius 1 is 1.35 bits per heavy atom. The Balaban J connectivity index is 1.80. The molecule has 122 valence electrons. The number of likely N-dealkylation sites (tertiary alicyclic amines) is 1. The van der Waals surface area contributed by atoms with Crippen molar-refractivity contribution in [2.24, 2.45) is 0 Å². The van der Waals surface area contributed by atoms with E-state index in [2.05, 4.69) is 25.9 Å². The number of aliphatic carboxylic acids is 1. The molecule has 1 aromatic carbocycles. The van der Waals surface area contributed by atoms with Gasteiger partial charge in [0.15, 0.2) is 0 Å². The lowest BCUT2D eigenvalue weighted by Crippen LogP contribution is -2.44. The van der Waals surface area contributed by atoms with Crippen LogP contribution in [0.3, 0.4) is 0 Å². The van der Waals surface area contributed by atoms with Gasteiger partial charge in [0.05, 0.1) is 11.4 Å². The molecule has 23 heavy (non-hydrogen) atoms. The molecule has 0 bridgehead atoms. The third-order valence-corrected chi connectivity index (χ3v) is 4.89. The van der Waals surface area contributed by atoms with Crippen molar-refractivity contribution in [3.05, 3.63) is 46.2 Å². The zero-order chi connectivity index (χ0) is 16.4. The van der Waals surface area contributed by atoms with Crippen LogP contribution in [0.25, 0.3) is 5.69 Å². The summed E-state index contributed by atoms with van der Waals surface area (Å²) in [6.45, 7) is 3.45. The van der Waals surface area contributed by atoms with Crippen molar-refractivity contribution in [2.45, 2.75) is 38.8 Å². The maximum absolute atomic E-state index is 11.4. The Morgan fingerprint density at radius 2 is 2.09 bits per heavy atom. The number of carboxylic acids is 1. The highest BCUT2D eigenvalue weighted by molar-refractivity contribution is 9.10. The second kappa shape index (κ2) is 6.84. The number of nitrogens with zero attached hydrogens (tertiary/aromatic N) is 3. The second-order valence-corrected chi connectivity index (χ2v) is 6.90. The zero-order valence-corrected chi connectivity index (χ0v) is 14.7. The first-order valence-corrected chi connectivity index (χ1v) is 8.62. The molecule has 6 heteroatoms. The summed E-state index contributed by atoms with van der Waals surface area (Å²) >= 11 is 3.43. The molecule has 3 rings (SSSR count). The average Bonchev–Trinajstić information content (AvgIpc) is 2.89. The molecule has 1 unspecified atom stereocenters. The molecule has 1 atom stereocenters. The quantitative estimate of drug-likeness (QED) is 0.886. The number of piperidine rings is 1. The fraction of sp³-hybridized carbons (Fsp3) is 0.412. The van der Waals surface area contributed by atoms with E-state index in [9.17, 15) is 9.90 Å². The SMILES string of the molecule is Cc1nn(-c2ccc(Br)cc2)cc1CN1CCCCC1C(=O)O. The van der Waals surface area contributed by atoms with E-state index in [1.807, 2.05) is 42.1 Å². The molecule has 1 aliphatic heterocycles. The lowest BCUT2D eigenvalue weighted by Gasteiger charge is -2.32. The molecule has 1 N–H and O–H groups in total. The fourth-order valence-electron chi connectivity index (χ4n) is 3.06. The van der Waals surface area contributed by atoms with Gasteiger partial charge in [0.1, 0.15) is 6.04 Å². The number of carboxylic acid groups (broad SMARTS) is 1. The molecule has 0 aliphatic carbocycles. The monoisotopic (exact) mass is 377 g/mol. The van der Waals surface area contributed by atoms with Crippen molar-refractivity contribution in [1.82, 2.24) is 14.7 Å². The summed E-state index contributed by atoms with van der Waals surface area (Å²) in [5.41, 5.74) is 3.03. The highest BCUT2D eigenvalue weighted by Crippen LogP contribution is 2.22. The molecular weight excluding hydrogens is 358 g/mol. The summed E-state index contributed by atoms with van der Waals surface area (Å²) in [7, 11) is 0. The third-order valence-electron chi connectivity index (χ3n) is 4.36. The van der Waals surface area contributed by atoms with Gasteiger partial charge in [-0.1, -0.05) is 22.4 Å². The van der Waals surface area contributed by atoms with Crippen molar-refractivity contribution in [2.75, 3.05) is 6.54 Å².